The molecule has 3 aromatic carbocycles. The molecule has 0 aliphatic rings. The monoisotopic (exact) mass is 582 g/mol. The number of carbonyl (C=O) groups is 2. The molecule has 2 N–H and O–H groups in total. The lowest BCUT2D eigenvalue weighted by Crippen LogP contribution is -2.30. The van der Waals surface area contributed by atoms with Crippen molar-refractivity contribution in [3.8, 4) is 17.2 Å². The number of ether oxygens (including phenoxy) is 4. The van der Waals surface area contributed by atoms with E-state index in [1.54, 1.807) is 18.2 Å². The standard InChI is InChI=1S/C25H24Cl2N2O8S/c1-14(24(30)28-17-7-5-6-16(26)11-17)37-25(31)15-8-9-20(34-2)23(10-15)38(32,33)29-19-12-18(27)21(35-3)13-22(19)36-4/h5-14,29H,1-4H3,(H,28,30). The number of nitrogens with one attached hydrogen (secondary N) is 2. The van der Waals surface area contributed by atoms with E-state index in [1.807, 2.05) is 0 Å². The maximum absolute atomic E-state index is 13.3. The van der Waals surface area contributed by atoms with Gasteiger partial charge in [0.15, 0.2) is 6.10 Å². The summed E-state index contributed by atoms with van der Waals surface area (Å²) in [5.74, 6) is -1.15. The van der Waals surface area contributed by atoms with Crippen molar-refractivity contribution in [1.29, 1.82) is 0 Å². The molecule has 1 amide bonds. The molecule has 3 aromatic rings. The molecule has 3 rings (SSSR count). The van der Waals surface area contributed by atoms with Gasteiger partial charge in [0, 0.05) is 16.8 Å². The molecule has 0 spiro atoms. The fraction of sp³-hybridized carbons (Fsp3) is 0.200. The third-order valence-electron chi connectivity index (χ3n) is 5.15. The first-order valence-electron chi connectivity index (χ1n) is 10.9. The average molecular weight is 583 g/mol. The van der Waals surface area contributed by atoms with Gasteiger partial charge < -0.3 is 24.3 Å². The summed E-state index contributed by atoms with van der Waals surface area (Å²) >= 11 is 12.1. The van der Waals surface area contributed by atoms with E-state index in [0.717, 1.165) is 6.07 Å². The normalized spacial score (nSPS) is 11.7. The summed E-state index contributed by atoms with van der Waals surface area (Å²) in [6, 6.07) is 12.9. The highest BCUT2D eigenvalue weighted by Gasteiger charge is 2.26. The summed E-state index contributed by atoms with van der Waals surface area (Å²) in [6.07, 6.45) is -1.20. The molecule has 1 unspecified atom stereocenters. The summed E-state index contributed by atoms with van der Waals surface area (Å²) in [4.78, 5) is 24.9. The Morgan fingerprint density at radius 1 is 0.868 bits per heavy atom. The van der Waals surface area contributed by atoms with Crippen LogP contribution >= 0.6 is 23.2 Å². The van der Waals surface area contributed by atoms with Crippen molar-refractivity contribution in [3.63, 3.8) is 0 Å². The molecule has 0 fully saturated rings. The molecule has 0 bridgehead atoms. The number of benzene rings is 3. The summed E-state index contributed by atoms with van der Waals surface area (Å²) < 4.78 is 49.8. The Morgan fingerprint density at radius 2 is 1.55 bits per heavy atom. The Kier molecular flexibility index (Phi) is 9.31. The number of hydrogen-bond donors (Lipinski definition) is 2. The van der Waals surface area contributed by atoms with Crippen LogP contribution in [0.4, 0.5) is 11.4 Å². The lowest BCUT2D eigenvalue weighted by atomic mass is 10.2. The molecule has 0 saturated carbocycles. The Labute approximate surface area is 229 Å². The van der Waals surface area contributed by atoms with Crippen molar-refractivity contribution in [2.75, 3.05) is 31.4 Å². The second-order valence-corrected chi connectivity index (χ2v) is 10.2. The van der Waals surface area contributed by atoms with Crippen LogP contribution in [0, 0.1) is 0 Å². The van der Waals surface area contributed by atoms with Gasteiger partial charge in [0.25, 0.3) is 15.9 Å². The van der Waals surface area contributed by atoms with E-state index in [2.05, 4.69) is 10.0 Å². The quantitative estimate of drug-likeness (QED) is 0.319. The number of methoxy groups -OCH3 is 3. The number of anilines is 2. The summed E-state index contributed by atoms with van der Waals surface area (Å²) in [5.41, 5.74) is 0.316. The molecule has 0 radical (unpaired) electrons. The summed E-state index contributed by atoms with van der Waals surface area (Å²) in [7, 11) is -0.294. The highest BCUT2D eigenvalue weighted by atomic mass is 35.5. The van der Waals surface area contributed by atoms with Crippen molar-refractivity contribution in [2.24, 2.45) is 0 Å². The van der Waals surface area contributed by atoms with Crippen molar-refractivity contribution in [3.05, 3.63) is 70.2 Å². The van der Waals surface area contributed by atoms with Crippen LogP contribution in [0.1, 0.15) is 17.3 Å². The van der Waals surface area contributed by atoms with Gasteiger partial charge in [0.1, 0.15) is 22.1 Å². The third-order valence-corrected chi connectivity index (χ3v) is 7.07. The van der Waals surface area contributed by atoms with Gasteiger partial charge in [-0.1, -0.05) is 29.3 Å². The van der Waals surface area contributed by atoms with Crippen LogP contribution in [0.3, 0.4) is 0 Å². The van der Waals surface area contributed by atoms with E-state index in [-0.39, 0.29) is 38.4 Å². The zero-order valence-electron chi connectivity index (χ0n) is 20.7. The molecule has 0 aromatic heterocycles. The van der Waals surface area contributed by atoms with Crippen LogP contribution < -0.4 is 24.2 Å². The van der Waals surface area contributed by atoms with Crippen LogP contribution in [0.15, 0.2) is 59.5 Å². The fourth-order valence-corrected chi connectivity index (χ4v) is 4.93. The predicted octanol–water partition coefficient (Wildman–Crippen LogP) is 5.00. The highest BCUT2D eigenvalue weighted by molar-refractivity contribution is 7.92. The van der Waals surface area contributed by atoms with Crippen LogP contribution in [0.25, 0.3) is 0 Å². The zero-order valence-corrected chi connectivity index (χ0v) is 23.0. The first kappa shape index (κ1) is 28.9. The van der Waals surface area contributed by atoms with Crippen LogP contribution in [0.2, 0.25) is 10.0 Å². The number of halogens is 2. The van der Waals surface area contributed by atoms with Crippen molar-refractivity contribution < 1.29 is 37.0 Å². The Balaban J connectivity index is 1.84. The molecular formula is C25H24Cl2N2O8S. The van der Waals surface area contributed by atoms with E-state index >= 15 is 0 Å². The minimum atomic E-state index is -4.32. The molecule has 38 heavy (non-hydrogen) atoms. The van der Waals surface area contributed by atoms with Gasteiger partial charge in [-0.05, 0) is 49.4 Å². The maximum atomic E-state index is 13.3. The molecule has 1 atom stereocenters. The predicted molar refractivity (Wildman–Crippen MR) is 143 cm³/mol. The van der Waals surface area contributed by atoms with E-state index in [4.69, 9.17) is 42.1 Å². The lowest BCUT2D eigenvalue weighted by molar-refractivity contribution is -0.123. The first-order chi connectivity index (χ1) is 18.0. The van der Waals surface area contributed by atoms with E-state index in [0.29, 0.717) is 10.7 Å². The summed E-state index contributed by atoms with van der Waals surface area (Å²) in [5, 5.41) is 3.14. The Bertz CT molecular complexity index is 1460. The fourth-order valence-electron chi connectivity index (χ4n) is 3.25. The molecule has 202 valence electrons. The van der Waals surface area contributed by atoms with Gasteiger partial charge in [0.05, 0.1) is 37.6 Å². The van der Waals surface area contributed by atoms with Gasteiger partial charge in [-0.15, -0.1) is 0 Å². The topological polar surface area (TPSA) is 129 Å². The second kappa shape index (κ2) is 12.2. The molecular weight excluding hydrogens is 559 g/mol. The van der Waals surface area contributed by atoms with E-state index in [1.165, 1.54) is 58.6 Å². The number of carbonyl (C=O) groups excluding carboxylic acids is 2. The second-order valence-electron chi connectivity index (χ2n) is 7.71. The molecule has 0 heterocycles. The van der Waals surface area contributed by atoms with Gasteiger partial charge in [-0.3, -0.25) is 9.52 Å². The number of hydrogen-bond acceptors (Lipinski definition) is 8. The number of sulfonamides is 1. The number of rotatable bonds is 10. The van der Waals surface area contributed by atoms with Crippen LogP contribution in [-0.2, 0) is 19.6 Å². The third kappa shape index (κ3) is 6.80. The van der Waals surface area contributed by atoms with E-state index in [9.17, 15) is 18.0 Å². The van der Waals surface area contributed by atoms with Gasteiger partial charge in [0.2, 0.25) is 0 Å². The smallest absolute Gasteiger partial charge is 0.338 e. The van der Waals surface area contributed by atoms with Crippen molar-refractivity contribution in [2.45, 2.75) is 17.9 Å². The summed E-state index contributed by atoms with van der Waals surface area (Å²) in [6.45, 7) is 1.38. The first-order valence-corrected chi connectivity index (χ1v) is 13.1. The van der Waals surface area contributed by atoms with Crippen molar-refractivity contribution in [1.82, 2.24) is 0 Å². The lowest BCUT2D eigenvalue weighted by Gasteiger charge is -2.17. The molecule has 10 nitrogen and oxygen atoms in total. The highest BCUT2D eigenvalue weighted by Crippen LogP contribution is 2.38. The van der Waals surface area contributed by atoms with Crippen molar-refractivity contribution >= 4 is 56.5 Å². The van der Waals surface area contributed by atoms with E-state index < -0.39 is 28.0 Å². The van der Waals surface area contributed by atoms with Crippen LogP contribution in [-0.4, -0.2) is 47.7 Å². The van der Waals surface area contributed by atoms with Gasteiger partial charge >= 0.3 is 5.97 Å². The van der Waals surface area contributed by atoms with Gasteiger partial charge in [-0.2, -0.15) is 0 Å². The SMILES string of the molecule is COc1cc(OC)c(NS(=O)(=O)c2cc(C(=O)OC(C)C(=O)Nc3cccc(Cl)c3)ccc2OC)cc1Cl. The zero-order chi connectivity index (χ0) is 28.0. The molecule has 0 saturated heterocycles. The Morgan fingerprint density at radius 3 is 2.18 bits per heavy atom. The largest absolute Gasteiger partial charge is 0.495 e. The molecule has 0 aliphatic carbocycles. The van der Waals surface area contributed by atoms with Gasteiger partial charge in [-0.25, -0.2) is 13.2 Å². The number of esters is 1. The maximum Gasteiger partial charge on any atom is 0.338 e. The minimum absolute atomic E-state index is 0.0274. The minimum Gasteiger partial charge on any atom is -0.495 e. The van der Waals surface area contributed by atoms with Crippen LogP contribution in [0.5, 0.6) is 17.2 Å². The molecule has 13 heteroatoms. The molecule has 0 aliphatic heterocycles. The number of amides is 1. The average Bonchev–Trinajstić information content (AvgIpc) is 2.88. The Hall–Kier alpha value is -3.67.